The molecule has 0 rings (SSSR count). The van der Waals surface area contributed by atoms with Crippen LogP contribution in [0.5, 0.6) is 0 Å². The second-order valence-corrected chi connectivity index (χ2v) is 10.7. The Morgan fingerprint density at radius 2 is 0.774 bits per heavy atom. The SMILES string of the molecule is CCCCCCCCCCCCCCCCC(CCCCCCCCC)OP(=O)(O)O. The monoisotopic (exact) mass is 462 g/mol. The first-order chi connectivity index (χ1) is 15.0. The van der Waals surface area contributed by atoms with Gasteiger partial charge in [-0.2, -0.15) is 0 Å². The predicted octanol–water partition coefficient (Wildman–Crippen LogP) is 9.48. The lowest BCUT2D eigenvalue weighted by molar-refractivity contribution is 0.115. The zero-order valence-corrected chi connectivity index (χ0v) is 21.9. The first-order valence-electron chi connectivity index (χ1n) is 13.7. The molecule has 0 aromatic rings. The Kier molecular flexibility index (Phi) is 23.4. The molecule has 0 aromatic carbocycles. The molecule has 4 nitrogen and oxygen atoms in total. The Hall–Kier alpha value is 0.110. The minimum absolute atomic E-state index is 0.284. The van der Waals surface area contributed by atoms with Crippen molar-refractivity contribution in [3.05, 3.63) is 0 Å². The highest BCUT2D eigenvalue weighted by molar-refractivity contribution is 7.46. The highest BCUT2D eigenvalue weighted by Crippen LogP contribution is 2.39. The average molecular weight is 463 g/mol. The van der Waals surface area contributed by atoms with E-state index in [1.807, 2.05) is 0 Å². The number of unbranched alkanes of at least 4 members (excludes halogenated alkanes) is 19. The van der Waals surface area contributed by atoms with Gasteiger partial charge in [-0.05, 0) is 12.8 Å². The third kappa shape index (κ3) is 26.2. The van der Waals surface area contributed by atoms with Gasteiger partial charge in [0.1, 0.15) is 0 Å². The second kappa shape index (κ2) is 23.3. The van der Waals surface area contributed by atoms with Crippen LogP contribution in [0.2, 0.25) is 0 Å². The van der Waals surface area contributed by atoms with Gasteiger partial charge in [0.25, 0.3) is 0 Å². The number of phosphoric ester groups is 1. The minimum atomic E-state index is -4.38. The van der Waals surface area contributed by atoms with Gasteiger partial charge in [0, 0.05) is 0 Å². The summed E-state index contributed by atoms with van der Waals surface area (Å²) in [7, 11) is -4.38. The fraction of sp³-hybridized carbons (Fsp3) is 1.00. The Morgan fingerprint density at radius 3 is 1.03 bits per heavy atom. The Balaban J connectivity index is 3.62. The van der Waals surface area contributed by atoms with E-state index in [-0.39, 0.29) is 6.10 Å². The molecule has 0 aliphatic heterocycles. The summed E-state index contributed by atoms with van der Waals surface area (Å²) in [5.41, 5.74) is 0. The van der Waals surface area contributed by atoms with E-state index in [4.69, 9.17) is 4.52 Å². The van der Waals surface area contributed by atoms with Crippen LogP contribution in [0.15, 0.2) is 0 Å². The van der Waals surface area contributed by atoms with Crippen LogP contribution in [0, 0.1) is 0 Å². The first-order valence-corrected chi connectivity index (χ1v) is 15.3. The van der Waals surface area contributed by atoms with Crippen LogP contribution in [0.4, 0.5) is 0 Å². The second-order valence-electron chi connectivity index (χ2n) is 9.51. The molecule has 2 N–H and O–H groups in total. The van der Waals surface area contributed by atoms with Gasteiger partial charge in [-0.1, -0.05) is 149 Å². The molecular formula is C26H55O4P. The Bertz CT molecular complexity index is 397. The third-order valence-electron chi connectivity index (χ3n) is 6.30. The fourth-order valence-electron chi connectivity index (χ4n) is 4.34. The quantitative estimate of drug-likeness (QED) is 0.105. The van der Waals surface area contributed by atoms with Crippen molar-refractivity contribution in [3.63, 3.8) is 0 Å². The summed E-state index contributed by atoms with van der Waals surface area (Å²) in [5.74, 6) is 0. The van der Waals surface area contributed by atoms with E-state index in [1.165, 1.54) is 109 Å². The lowest BCUT2D eigenvalue weighted by Gasteiger charge is -2.18. The normalized spacial score (nSPS) is 13.0. The Labute approximate surface area is 194 Å². The fourth-order valence-corrected chi connectivity index (χ4v) is 4.94. The number of phosphoric acid groups is 1. The zero-order valence-electron chi connectivity index (χ0n) is 21.0. The summed E-state index contributed by atoms with van der Waals surface area (Å²) < 4.78 is 16.3. The van der Waals surface area contributed by atoms with E-state index >= 15 is 0 Å². The summed E-state index contributed by atoms with van der Waals surface area (Å²) in [4.78, 5) is 18.4. The lowest BCUT2D eigenvalue weighted by atomic mass is 10.0. The maximum absolute atomic E-state index is 11.3. The number of rotatable bonds is 25. The summed E-state index contributed by atoms with van der Waals surface area (Å²) in [6.07, 6.45) is 28.3. The van der Waals surface area contributed by atoms with Gasteiger partial charge in [0.15, 0.2) is 0 Å². The van der Waals surface area contributed by atoms with Crippen molar-refractivity contribution in [2.45, 2.75) is 168 Å². The molecule has 0 heterocycles. The average Bonchev–Trinajstić information content (AvgIpc) is 2.72. The Morgan fingerprint density at radius 1 is 0.516 bits per heavy atom. The van der Waals surface area contributed by atoms with E-state index in [1.54, 1.807) is 0 Å². The molecule has 0 aliphatic rings. The predicted molar refractivity (Wildman–Crippen MR) is 134 cm³/mol. The van der Waals surface area contributed by atoms with Gasteiger partial charge in [-0.15, -0.1) is 0 Å². The molecule has 31 heavy (non-hydrogen) atoms. The highest BCUT2D eigenvalue weighted by atomic mass is 31.2. The van der Waals surface area contributed by atoms with E-state index in [0.717, 1.165) is 38.5 Å². The van der Waals surface area contributed by atoms with E-state index in [9.17, 15) is 14.4 Å². The highest BCUT2D eigenvalue weighted by Gasteiger charge is 2.21. The maximum atomic E-state index is 11.3. The molecular weight excluding hydrogens is 407 g/mol. The molecule has 0 saturated heterocycles. The van der Waals surface area contributed by atoms with Crippen molar-refractivity contribution in [2.75, 3.05) is 0 Å². The summed E-state index contributed by atoms with van der Waals surface area (Å²) in [5, 5.41) is 0. The number of hydrogen-bond acceptors (Lipinski definition) is 2. The largest absolute Gasteiger partial charge is 0.469 e. The summed E-state index contributed by atoms with van der Waals surface area (Å²) in [6.45, 7) is 4.49. The van der Waals surface area contributed by atoms with Crippen LogP contribution >= 0.6 is 7.82 Å². The van der Waals surface area contributed by atoms with Crippen LogP contribution in [-0.2, 0) is 9.09 Å². The van der Waals surface area contributed by atoms with Crippen molar-refractivity contribution >= 4 is 7.82 Å². The standard InChI is InChI=1S/C26H55O4P/c1-3-5-7-9-11-12-13-14-15-16-17-19-21-23-25-26(30-31(27,28)29)24-22-20-18-10-8-6-4-2/h26H,3-25H2,1-2H3,(H2,27,28,29). The molecule has 0 bridgehead atoms. The van der Waals surface area contributed by atoms with E-state index in [2.05, 4.69) is 13.8 Å². The van der Waals surface area contributed by atoms with Gasteiger partial charge in [0.05, 0.1) is 6.10 Å². The van der Waals surface area contributed by atoms with Crippen LogP contribution < -0.4 is 0 Å². The molecule has 0 amide bonds. The maximum Gasteiger partial charge on any atom is 0.469 e. The number of hydrogen-bond donors (Lipinski definition) is 2. The van der Waals surface area contributed by atoms with Crippen molar-refractivity contribution < 1.29 is 18.9 Å². The summed E-state index contributed by atoms with van der Waals surface area (Å²) in [6, 6.07) is 0. The molecule has 0 aromatic heterocycles. The molecule has 0 spiro atoms. The van der Waals surface area contributed by atoms with Gasteiger partial charge < -0.3 is 9.79 Å². The topological polar surface area (TPSA) is 66.8 Å². The van der Waals surface area contributed by atoms with Crippen LogP contribution in [-0.4, -0.2) is 15.9 Å². The van der Waals surface area contributed by atoms with Gasteiger partial charge >= 0.3 is 7.82 Å². The van der Waals surface area contributed by atoms with Crippen molar-refractivity contribution in [1.29, 1.82) is 0 Å². The van der Waals surface area contributed by atoms with Crippen molar-refractivity contribution in [3.8, 4) is 0 Å². The van der Waals surface area contributed by atoms with E-state index < -0.39 is 7.82 Å². The van der Waals surface area contributed by atoms with Crippen LogP contribution in [0.3, 0.4) is 0 Å². The smallest absolute Gasteiger partial charge is 0.303 e. The van der Waals surface area contributed by atoms with E-state index in [0.29, 0.717) is 0 Å². The van der Waals surface area contributed by atoms with Gasteiger partial charge in [0.2, 0.25) is 0 Å². The molecule has 188 valence electrons. The van der Waals surface area contributed by atoms with Gasteiger partial charge in [-0.3, -0.25) is 4.52 Å². The molecule has 0 radical (unpaired) electrons. The minimum Gasteiger partial charge on any atom is -0.303 e. The molecule has 0 aliphatic carbocycles. The molecule has 1 unspecified atom stereocenters. The van der Waals surface area contributed by atoms with Crippen molar-refractivity contribution in [2.24, 2.45) is 0 Å². The van der Waals surface area contributed by atoms with Crippen molar-refractivity contribution in [1.82, 2.24) is 0 Å². The molecule has 1 atom stereocenters. The lowest BCUT2D eigenvalue weighted by Crippen LogP contribution is -2.11. The molecule has 0 saturated carbocycles. The summed E-state index contributed by atoms with van der Waals surface area (Å²) >= 11 is 0. The molecule has 0 fully saturated rings. The molecule has 5 heteroatoms. The zero-order chi connectivity index (χ0) is 23.0. The van der Waals surface area contributed by atoms with Gasteiger partial charge in [-0.25, -0.2) is 4.57 Å². The first kappa shape index (κ1) is 31.1. The van der Waals surface area contributed by atoms with Crippen LogP contribution in [0.25, 0.3) is 0 Å². The van der Waals surface area contributed by atoms with Crippen LogP contribution in [0.1, 0.15) is 162 Å². The third-order valence-corrected chi connectivity index (χ3v) is 6.87.